The van der Waals surface area contributed by atoms with E-state index in [2.05, 4.69) is 5.32 Å². The second kappa shape index (κ2) is 5.25. The van der Waals surface area contributed by atoms with Gasteiger partial charge in [0.1, 0.15) is 11.4 Å². The molecule has 1 unspecified atom stereocenters. The predicted molar refractivity (Wildman–Crippen MR) is 61.2 cm³/mol. The van der Waals surface area contributed by atoms with Crippen molar-refractivity contribution < 1.29 is 19.4 Å². The molecule has 0 aliphatic carbocycles. The summed E-state index contributed by atoms with van der Waals surface area (Å²) >= 11 is 0. The summed E-state index contributed by atoms with van der Waals surface area (Å²) in [6, 6.07) is 4.51. The summed E-state index contributed by atoms with van der Waals surface area (Å²) in [5.74, 6) is -1.19. The highest BCUT2D eigenvalue weighted by atomic mass is 19.1. The number of aliphatic hydroxyl groups excluding tert-OH is 1. The van der Waals surface area contributed by atoms with E-state index in [-0.39, 0.29) is 12.1 Å². The van der Waals surface area contributed by atoms with Gasteiger partial charge in [-0.25, -0.2) is 4.39 Å². The minimum Gasteiger partial charge on any atom is -0.393 e. The molecule has 0 saturated heterocycles. The first-order chi connectivity index (χ1) is 7.87. The Hall–Kier alpha value is -1.46. The van der Waals surface area contributed by atoms with Crippen LogP contribution in [0.25, 0.3) is 0 Å². The highest BCUT2D eigenvalue weighted by Crippen LogP contribution is 2.11. The van der Waals surface area contributed by atoms with Crippen molar-refractivity contribution >= 4 is 5.91 Å². The number of aryl methyl sites for hydroxylation is 1. The minimum absolute atomic E-state index is 0.0706. The molecule has 0 aromatic heterocycles. The Morgan fingerprint density at radius 2 is 2.18 bits per heavy atom. The predicted octanol–water partition coefficient (Wildman–Crippen LogP) is 0.607. The lowest BCUT2D eigenvalue weighted by Crippen LogP contribution is -2.43. The molecule has 0 saturated carbocycles. The topological polar surface area (TPSA) is 69.6 Å². The van der Waals surface area contributed by atoms with Crippen LogP contribution in [0, 0.1) is 12.7 Å². The third-order valence-corrected chi connectivity index (χ3v) is 2.41. The number of aliphatic hydroxyl groups is 2. The van der Waals surface area contributed by atoms with Gasteiger partial charge in [-0.2, -0.15) is 0 Å². The molecule has 1 atom stereocenters. The minimum atomic E-state index is -1.41. The van der Waals surface area contributed by atoms with Crippen LogP contribution >= 0.6 is 0 Å². The molecule has 4 nitrogen and oxygen atoms in total. The second-order valence-electron chi connectivity index (χ2n) is 4.27. The van der Waals surface area contributed by atoms with E-state index in [9.17, 15) is 14.3 Å². The van der Waals surface area contributed by atoms with E-state index in [4.69, 9.17) is 5.11 Å². The van der Waals surface area contributed by atoms with Gasteiger partial charge in [0, 0.05) is 6.54 Å². The monoisotopic (exact) mass is 241 g/mol. The number of hydrogen-bond donors (Lipinski definition) is 3. The largest absolute Gasteiger partial charge is 0.393 e. The van der Waals surface area contributed by atoms with Crippen molar-refractivity contribution in [2.24, 2.45) is 0 Å². The number of nitrogens with one attached hydrogen (secondary N) is 1. The van der Waals surface area contributed by atoms with Crippen LogP contribution in [0.5, 0.6) is 0 Å². The third kappa shape index (κ3) is 3.51. The molecule has 0 spiro atoms. The molecule has 0 heterocycles. The fourth-order valence-electron chi connectivity index (χ4n) is 1.24. The Morgan fingerprint density at radius 3 is 2.76 bits per heavy atom. The highest BCUT2D eigenvalue weighted by molar-refractivity contribution is 5.94. The van der Waals surface area contributed by atoms with Crippen LogP contribution in [0.15, 0.2) is 18.2 Å². The van der Waals surface area contributed by atoms with Crippen molar-refractivity contribution in [1.82, 2.24) is 5.32 Å². The molecule has 5 heteroatoms. The zero-order valence-electron chi connectivity index (χ0n) is 9.83. The van der Waals surface area contributed by atoms with Crippen molar-refractivity contribution in [3.05, 3.63) is 35.1 Å². The van der Waals surface area contributed by atoms with Crippen molar-refractivity contribution in [2.75, 3.05) is 13.2 Å². The Labute approximate surface area is 99.1 Å². The third-order valence-electron chi connectivity index (χ3n) is 2.41. The molecular formula is C12H16FNO3. The number of hydrogen-bond acceptors (Lipinski definition) is 3. The molecule has 94 valence electrons. The molecule has 1 aromatic rings. The summed E-state index contributed by atoms with van der Waals surface area (Å²) in [6.45, 7) is 2.31. The molecule has 1 aromatic carbocycles. The lowest BCUT2D eigenvalue weighted by Gasteiger charge is -2.20. The molecule has 0 fully saturated rings. The Bertz CT molecular complexity index is 418. The molecule has 17 heavy (non-hydrogen) atoms. The maximum absolute atomic E-state index is 13.6. The van der Waals surface area contributed by atoms with Gasteiger partial charge in [0.25, 0.3) is 5.91 Å². The maximum atomic E-state index is 13.6. The van der Waals surface area contributed by atoms with Crippen LogP contribution in [0.3, 0.4) is 0 Å². The average molecular weight is 241 g/mol. The smallest absolute Gasteiger partial charge is 0.254 e. The fraction of sp³-hybridized carbons (Fsp3) is 0.417. The first kappa shape index (κ1) is 13.6. The average Bonchev–Trinajstić information content (AvgIpc) is 2.30. The van der Waals surface area contributed by atoms with Gasteiger partial charge in [0.15, 0.2) is 0 Å². The van der Waals surface area contributed by atoms with Crippen molar-refractivity contribution in [3.63, 3.8) is 0 Å². The Kier molecular flexibility index (Phi) is 4.20. The van der Waals surface area contributed by atoms with Crippen LogP contribution < -0.4 is 5.32 Å². The van der Waals surface area contributed by atoms with Crippen LogP contribution in [0.1, 0.15) is 22.8 Å². The molecular weight excluding hydrogens is 225 g/mol. The summed E-state index contributed by atoms with van der Waals surface area (Å²) in [6.07, 6.45) is 0. The van der Waals surface area contributed by atoms with Crippen molar-refractivity contribution in [1.29, 1.82) is 0 Å². The standard InChI is InChI=1S/C12H16FNO3/c1-8-4-3-5-9(10(8)13)11(16)14-6-12(2,17)7-15/h3-5,15,17H,6-7H2,1-2H3,(H,14,16). The van der Waals surface area contributed by atoms with Gasteiger partial charge in [0.05, 0.1) is 12.2 Å². The molecule has 1 rings (SSSR count). The van der Waals surface area contributed by atoms with Gasteiger partial charge in [-0.1, -0.05) is 12.1 Å². The zero-order valence-corrected chi connectivity index (χ0v) is 9.83. The van der Waals surface area contributed by atoms with E-state index >= 15 is 0 Å². The molecule has 0 radical (unpaired) electrons. The first-order valence-corrected chi connectivity index (χ1v) is 5.24. The van der Waals surface area contributed by atoms with Crippen LogP contribution in [-0.4, -0.2) is 34.9 Å². The van der Waals surface area contributed by atoms with Crippen LogP contribution in [0.2, 0.25) is 0 Å². The van der Waals surface area contributed by atoms with Crippen LogP contribution in [0.4, 0.5) is 4.39 Å². The SMILES string of the molecule is Cc1cccc(C(=O)NCC(C)(O)CO)c1F. The molecule has 3 N–H and O–H groups in total. The molecule has 0 bridgehead atoms. The van der Waals surface area contributed by atoms with Crippen molar-refractivity contribution in [3.8, 4) is 0 Å². The lowest BCUT2D eigenvalue weighted by atomic mass is 10.1. The normalized spacial score (nSPS) is 14.2. The van der Waals surface area contributed by atoms with E-state index < -0.39 is 23.9 Å². The lowest BCUT2D eigenvalue weighted by molar-refractivity contribution is 0.00316. The first-order valence-electron chi connectivity index (χ1n) is 5.24. The van der Waals surface area contributed by atoms with Crippen molar-refractivity contribution in [2.45, 2.75) is 19.4 Å². The summed E-state index contributed by atoms with van der Waals surface area (Å²) < 4.78 is 13.6. The Balaban J connectivity index is 2.74. The van der Waals surface area contributed by atoms with Crippen LogP contribution in [-0.2, 0) is 0 Å². The van der Waals surface area contributed by atoms with Gasteiger partial charge in [0.2, 0.25) is 0 Å². The number of carbonyl (C=O) groups excluding carboxylic acids is 1. The fourth-order valence-corrected chi connectivity index (χ4v) is 1.24. The van der Waals surface area contributed by atoms with E-state index in [0.29, 0.717) is 5.56 Å². The number of carbonyl (C=O) groups is 1. The highest BCUT2D eigenvalue weighted by Gasteiger charge is 2.21. The quantitative estimate of drug-likeness (QED) is 0.723. The zero-order chi connectivity index (χ0) is 13.1. The van der Waals surface area contributed by atoms with Gasteiger partial charge in [-0.05, 0) is 25.5 Å². The van der Waals surface area contributed by atoms with Gasteiger partial charge in [-0.3, -0.25) is 4.79 Å². The van der Waals surface area contributed by atoms with Gasteiger partial charge >= 0.3 is 0 Å². The molecule has 0 aliphatic heterocycles. The van der Waals surface area contributed by atoms with Gasteiger partial charge < -0.3 is 15.5 Å². The van der Waals surface area contributed by atoms with E-state index in [1.165, 1.54) is 13.0 Å². The summed E-state index contributed by atoms with van der Waals surface area (Å²) in [4.78, 5) is 11.6. The summed E-state index contributed by atoms with van der Waals surface area (Å²) in [5, 5.41) is 20.7. The van der Waals surface area contributed by atoms with Gasteiger partial charge in [-0.15, -0.1) is 0 Å². The summed E-state index contributed by atoms with van der Waals surface area (Å²) in [5.41, 5.74) is -1.10. The Morgan fingerprint density at radius 1 is 1.53 bits per heavy atom. The number of amides is 1. The van der Waals surface area contributed by atoms with E-state index in [0.717, 1.165) is 0 Å². The number of benzene rings is 1. The molecule has 0 aliphatic rings. The number of halogens is 1. The second-order valence-corrected chi connectivity index (χ2v) is 4.27. The van der Waals surface area contributed by atoms with E-state index in [1.807, 2.05) is 0 Å². The molecule has 1 amide bonds. The number of rotatable bonds is 4. The van der Waals surface area contributed by atoms with E-state index in [1.54, 1.807) is 19.1 Å². The summed E-state index contributed by atoms with van der Waals surface area (Å²) in [7, 11) is 0. The maximum Gasteiger partial charge on any atom is 0.254 e.